The molecule has 108 valence electrons. The van der Waals surface area contributed by atoms with Gasteiger partial charge in [-0.1, -0.05) is 11.6 Å². The van der Waals surface area contributed by atoms with Crippen LogP contribution in [0.25, 0.3) is 0 Å². The number of nitrogens with zero attached hydrogens (tertiary/aromatic N) is 1. The van der Waals surface area contributed by atoms with E-state index in [0.29, 0.717) is 12.1 Å². The topological polar surface area (TPSA) is 79.3 Å². The number of nitrogens with one attached hydrogen (secondary N) is 1. The molecule has 0 aliphatic carbocycles. The molecule has 0 bridgehead atoms. The molecule has 0 aliphatic heterocycles. The Labute approximate surface area is 122 Å². The molecule has 0 unspecified atom stereocenters. The Kier molecular flexibility index (Phi) is 4.13. The van der Waals surface area contributed by atoms with Gasteiger partial charge in [0.2, 0.25) is 0 Å². The average molecular weight is 313 g/mol. The number of carboxylic acids is 1. The molecule has 8 heteroatoms. The summed E-state index contributed by atoms with van der Waals surface area (Å²) in [6, 6.07) is 3.81. The number of hydrogen-bond donors (Lipinski definition) is 2. The predicted octanol–water partition coefficient (Wildman–Crippen LogP) is 2.96. The van der Waals surface area contributed by atoms with Crippen molar-refractivity contribution in [2.24, 2.45) is 0 Å². The van der Waals surface area contributed by atoms with Gasteiger partial charge in [0.1, 0.15) is 5.69 Å². The summed E-state index contributed by atoms with van der Waals surface area (Å²) in [7, 11) is 0. The van der Waals surface area contributed by atoms with Gasteiger partial charge in [0, 0.05) is 11.9 Å². The maximum atomic E-state index is 13.1. The summed E-state index contributed by atoms with van der Waals surface area (Å²) >= 11 is 5.67. The molecule has 1 heterocycles. The standard InChI is InChI=1S/C13H7ClF2N2O3/c14-8-5-10(16)9(15)4-7(8)12(19)18-6-1-2-17-11(3-6)13(20)21/h1-5H,(H,20,21)(H,17,18,19). The number of pyridine rings is 1. The molecular formula is C13H7ClF2N2O3. The van der Waals surface area contributed by atoms with E-state index in [2.05, 4.69) is 10.3 Å². The average Bonchev–Trinajstić information content (AvgIpc) is 2.43. The van der Waals surface area contributed by atoms with E-state index in [0.717, 1.165) is 6.07 Å². The number of aromatic carboxylic acids is 1. The van der Waals surface area contributed by atoms with Crippen LogP contribution in [0.4, 0.5) is 14.5 Å². The normalized spacial score (nSPS) is 10.2. The van der Waals surface area contributed by atoms with Gasteiger partial charge in [-0.25, -0.2) is 18.6 Å². The van der Waals surface area contributed by atoms with E-state index in [1.807, 2.05) is 0 Å². The number of carbonyl (C=O) groups is 2. The van der Waals surface area contributed by atoms with Crippen molar-refractivity contribution in [3.8, 4) is 0 Å². The lowest BCUT2D eigenvalue weighted by atomic mass is 10.2. The monoisotopic (exact) mass is 312 g/mol. The first-order valence-electron chi connectivity index (χ1n) is 5.53. The number of halogens is 3. The summed E-state index contributed by atoms with van der Waals surface area (Å²) in [5.41, 5.74) is -0.415. The number of benzene rings is 1. The van der Waals surface area contributed by atoms with Gasteiger partial charge < -0.3 is 10.4 Å². The molecule has 2 rings (SSSR count). The lowest BCUT2D eigenvalue weighted by molar-refractivity contribution is 0.0690. The third-order valence-corrected chi connectivity index (χ3v) is 2.80. The molecule has 0 atom stereocenters. The molecular weight excluding hydrogens is 306 g/mol. The first-order chi connectivity index (χ1) is 9.88. The fraction of sp³-hybridized carbons (Fsp3) is 0. The summed E-state index contributed by atoms with van der Waals surface area (Å²) in [4.78, 5) is 26.3. The Hall–Kier alpha value is -2.54. The van der Waals surface area contributed by atoms with Crippen LogP contribution in [0.15, 0.2) is 30.5 Å². The Morgan fingerprint density at radius 1 is 1.19 bits per heavy atom. The molecule has 0 spiro atoms. The van der Waals surface area contributed by atoms with Gasteiger partial charge in [-0.2, -0.15) is 0 Å². The summed E-state index contributed by atoms with van der Waals surface area (Å²) in [6.07, 6.45) is 1.19. The minimum Gasteiger partial charge on any atom is -0.477 e. The SMILES string of the molecule is O=C(O)c1cc(NC(=O)c2cc(F)c(F)cc2Cl)ccn1. The number of hydrogen-bond acceptors (Lipinski definition) is 3. The van der Waals surface area contributed by atoms with Gasteiger partial charge in [-0.3, -0.25) is 4.79 Å². The van der Waals surface area contributed by atoms with Gasteiger partial charge in [0.05, 0.1) is 10.6 Å². The summed E-state index contributed by atoms with van der Waals surface area (Å²) in [5.74, 6) is -4.46. The smallest absolute Gasteiger partial charge is 0.354 e. The van der Waals surface area contributed by atoms with Crippen molar-refractivity contribution in [2.45, 2.75) is 0 Å². The van der Waals surface area contributed by atoms with E-state index in [-0.39, 0.29) is 22.0 Å². The zero-order chi connectivity index (χ0) is 15.6. The van der Waals surface area contributed by atoms with Gasteiger partial charge >= 0.3 is 5.97 Å². The van der Waals surface area contributed by atoms with Gasteiger partial charge in [-0.15, -0.1) is 0 Å². The zero-order valence-corrected chi connectivity index (χ0v) is 11.0. The highest BCUT2D eigenvalue weighted by molar-refractivity contribution is 6.34. The highest BCUT2D eigenvalue weighted by Gasteiger charge is 2.16. The Bertz CT molecular complexity index is 737. The molecule has 0 saturated carbocycles. The van der Waals surface area contributed by atoms with Crippen LogP contribution in [0.1, 0.15) is 20.8 Å². The van der Waals surface area contributed by atoms with E-state index < -0.39 is 23.5 Å². The van der Waals surface area contributed by atoms with Crippen LogP contribution in [0.5, 0.6) is 0 Å². The number of rotatable bonds is 3. The van der Waals surface area contributed by atoms with Crippen LogP contribution < -0.4 is 5.32 Å². The van der Waals surface area contributed by atoms with Crippen LogP contribution in [-0.2, 0) is 0 Å². The zero-order valence-electron chi connectivity index (χ0n) is 10.2. The number of carboxylic acid groups (broad SMARTS) is 1. The Balaban J connectivity index is 2.28. The van der Waals surface area contributed by atoms with Crippen molar-refractivity contribution in [1.29, 1.82) is 0 Å². The molecule has 1 amide bonds. The number of amides is 1. The molecule has 0 saturated heterocycles. The van der Waals surface area contributed by atoms with E-state index in [4.69, 9.17) is 16.7 Å². The second-order valence-electron chi connectivity index (χ2n) is 3.94. The summed E-state index contributed by atoms with van der Waals surface area (Å²) < 4.78 is 26.1. The quantitative estimate of drug-likeness (QED) is 0.854. The third kappa shape index (κ3) is 3.32. The molecule has 0 radical (unpaired) electrons. The Morgan fingerprint density at radius 2 is 1.86 bits per heavy atom. The van der Waals surface area contributed by atoms with Crippen LogP contribution >= 0.6 is 11.6 Å². The third-order valence-electron chi connectivity index (χ3n) is 2.49. The maximum Gasteiger partial charge on any atom is 0.354 e. The first kappa shape index (κ1) is 14.9. The number of aromatic nitrogens is 1. The molecule has 2 N–H and O–H groups in total. The van der Waals surface area contributed by atoms with Crippen molar-refractivity contribution in [2.75, 3.05) is 5.32 Å². The molecule has 1 aromatic carbocycles. The van der Waals surface area contributed by atoms with Gasteiger partial charge in [0.15, 0.2) is 11.6 Å². The minimum atomic E-state index is -1.27. The van der Waals surface area contributed by atoms with E-state index >= 15 is 0 Å². The largest absolute Gasteiger partial charge is 0.477 e. The van der Waals surface area contributed by atoms with Crippen molar-refractivity contribution < 1.29 is 23.5 Å². The van der Waals surface area contributed by atoms with Gasteiger partial charge in [-0.05, 0) is 24.3 Å². The van der Waals surface area contributed by atoms with Gasteiger partial charge in [0.25, 0.3) is 5.91 Å². The van der Waals surface area contributed by atoms with Crippen molar-refractivity contribution >= 4 is 29.2 Å². The fourth-order valence-electron chi connectivity index (χ4n) is 1.52. The lowest BCUT2D eigenvalue weighted by Crippen LogP contribution is -2.14. The molecule has 0 aliphatic rings. The molecule has 21 heavy (non-hydrogen) atoms. The highest BCUT2D eigenvalue weighted by Crippen LogP contribution is 2.21. The van der Waals surface area contributed by atoms with Crippen molar-refractivity contribution in [3.05, 3.63) is 58.4 Å². The summed E-state index contributed by atoms with van der Waals surface area (Å²) in [5, 5.41) is 10.8. The van der Waals surface area contributed by atoms with Crippen LogP contribution in [0, 0.1) is 11.6 Å². The second-order valence-corrected chi connectivity index (χ2v) is 4.34. The van der Waals surface area contributed by atoms with E-state index in [1.54, 1.807) is 0 Å². The lowest BCUT2D eigenvalue weighted by Gasteiger charge is -2.07. The number of anilines is 1. The molecule has 0 fully saturated rings. The highest BCUT2D eigenvalue weighted by atomic mass is 35.5. The second kappa shape index (κ2) is 5.84. The summed E-state index contributed by atoms with van der Waals surface area (Å²) in [6.45, 7) is 0. The fourth-order valence-corrected chi connectivity index (χ4v) is 1.76. The minimum absolute atomic E-state index is 0.133. The molecule has 1 aromatic heterocycles. The predicted molar refractivity (Wildman–Crippen MR) is 70.5 cm³/mol. The molecule has 2 aromatic rings. The Morgan fingerprint density at radius 3 is 2.52 bits per heavy atom. The van der Waals surface area contributed by atoms with Crippen molar-refractivity contribution in [1.82, 2.24) is 4.98 Å². The van der Waals surface area contributed by atoms with Crippen molar-refractivity contribution in [3.63, 3.8) is 0 Å². The van der Waals surface area contributed by atoms with Crippen LogP contribution in [-0.4, -0.2) is 22.0 Å². The van der Waals surface area contributed by atoms with Crippen LogP contribution in [0.2, 0.25) is 5.02 Å². The number of carbonyl (C=O) groups excluding carboxylic acids is 1. The van der Waals surface area contributed by atoms with Crippen LogP contribution in [0.3, 0.4) is 0 Å². The van der Waals surface area contributed by atoms with E-state index in [1.165, 1.54) is 12.3 Å². The van der Waals surface area contributed by atoms with E-state index in [9.17, 15) is 18.4 Å². The molecule has 5 nitrogen and oxygen atoms in total. The first-order valence-corrected chi connectivity index (χ1v) is 5.91. The maximum absolute atomic E-state index is 13.1.